The Kier molecular flexibility index (Phi) is 5.86. The van der Waals surface area contributed by atoms with Gasteiger partial charge in [-0.1, -0.05) is 0 Å². The van der Waals surface area contributed by atoms with Gasteiger partial charge in [0, 0.05) is 6.92 Å². The normalized spacial score (nSPS) is 16.9. The van der Waals surface area contributed by atoms with Gasteiger partial charge in [-0.3, -0.25) is 4.79 Å². The number of carbonyl (C=O) groups excluding carboxylic acids is 1. The van der Waals surface area contributed by atoms with Crippen molar-refractivity contribution < 1.29 is 38.4 Å². The van der Waals surface area contributed by atoms with Crippen molar-refractivity contribution in [2.24, 2.45) is 0 Å². The maximum Gasteiger partial charge on any atom is 0.416 e. The first-order valence-electron chi connectivity index (χ1n) is 7.53. The summed E-state index contributed by atoms with van der Waals surface area (Å²) in [6.45, 7) is 0.277. The number of aliphatic hydroxyl groups is 4. The number of aliphatic hydroxyl groups excluding tert-OH is 4. The lowest BCUT2D eigenvalue weighted by Gasteiger charge is -2.28. The summed E-state index contributed by atoms with van der Waals surface area (Å²) >= 11 is 0. The average molecular weight is 377 g/mol. The summed E-state index contributed by atoms with van der Waals surface area (Å²) in [6.07, 6.45) is -9.88. The number of aromatic nitrogens is 2. The SMILES string of the molecule is CC(=O)NC(c1nc2ccc(C(F)(F)F)cc2[nH]1)[C@@H](O)[C@H](O)C(O)CO. The largest absolute Gasteiger partial charge is 0.416 e. The Morgan fingerprint density at radius 2 is 1.92 bits per heavy atom. The minimum atomic E-state index is -4.56. The number of nitrogens with zero attached hydrogens (tertiary/aromatic N) is 1. The monoisotopic (exact) mass is 377 g/mol. The Bertz CT molecular complexity index is 779. The summed E-state index contributed by atoms with van der Waals surface area (Å²) < 4.78 is 38.4. The molecule has 6 N–H and O–H groups in total. The van der Waals surface area contributed by atoms with E-state index in [0.717, 1.165) is 25.1 Å². The van der Waals surface area contributed by atoms with Crippen molar-refractivity contribution in [3.05, 3.63) is 29.6 Å². The molecule has 2 aromatic rings. The number of alkyl halides is 3. The van der Waals surface area contributed by atoms with Crippen LogP contribution in [0.4, 0.5) is 13.2 Å². The van der Waals surface area contributed by atoms with E-state index in [2.05, 4.69) is 15.3 Å². The molecule has 0 aliphatic carbocycles. The molecule has 0 radical (unpaired) electrons. The maximum atomic E-state index is 12.8. The molecule has 0 bridgehead atoms. The van der Waals surface area contributed by atoms with Crippen LogP contribution in [0.2, 0.25) is 0 Å². The number of H-pyrrole nitrogens is 1. The minimum Gasteiger partial charge on any atom is -0.394 e. The summed E-state index contributed by atoms with van der Waals surface area (Å²) in [5, 5.41) is 40.7. The highest BCUT2D eigenvalue weighted by Crippen LogP contribution is 2.31. The molecule has 11 heteroatoms. The van der Waals surface area contributed by atoms with E-state index < -0.39 is 48.6 Å². The van der Waals surface area contributed by atoms with Crippen LogP contribution in [-0.2, 0) is 11.0 Å². The lowest BCUT2D eigenvalue weighted by Crippen LogP contribution is -2.47. The second-order valence-electron chi connectivity index (χ2n) is 5.76. The molecule has 0 aliphatic heterocycles. The molecule has 8 nitrogen and oxygen atoms in total. The number of aromatic amines is 1. The second kappa shape index (κ2) is 7.58. The highest BCUT2D eigenvalue weighted by atomic mass is 19.4. The van der Waals surface area contributed by atoms with Gasteiger partial charge in [-0.05, 0) is 18.2 Å². The third-order valence-electron chi connectivity index (χ3n) is 3.75. The van der Waals surface area contributed by atoms with Crippen LogP contribution in [0.15, 0.2) is 18.2 Å². The molecule has 1 aromatic heterocycles. The zero-order chi connectivity index (χ0) is 19.6. The van der Waals surface area contributed by atoms with Crippen molar-refractivity contribution >= 4 is 16.9 Å². The van der Waals surface area contributed by atoms with Crippen LogP contribution in [0.1, 0.15) is 24.4 Å². The van der Waals surface area contributed by atoms with Crippen LogP contribution in [0.5, 0.6) is 0 Å². The van der Waals surface area contributed by atoms with E-state index in [1.54, 1.807) is 0 Å². The molecular weight excluding hydrogens is 359 g/mol. The van der Waals surface area contributed by atoms with Gasteiger partial charge in [0.2, 0.25) is 5.91 Å². The summed E-state index contributed by atoms with van der Waals surface area (Å²) in [5.41, 5.74) is -0.755. The summed E-state index contributed by atoms with van der Waals surface area (Å²) in [5.74, 6) is -0.734. The van der Waals surface area contributed by atoms with Crippen LogP contribution in [-0.4, -0.2) is 61.2 Å². The smallest absolute Gasteiger partial charge is 0.394 e. The number of benzene rings is 1. The number of hydrogen-bond donors (Lipinski definition) is 6. The molecule has 144 valence electrons. The predicted molar refractivity (Wildman–Crippen MR) is 82.8 cm³/mol. The third-order valence-corrected chi connectivity index (χ3v) is 3.75. The van der Waals surface area contributed by atoms with Gasteiger partial charge in [0.25, 0.3) is 0 Å². The fourth-order valence-electron chi connectivity index (χ4n) is 2.42. The van der Waals surface area contributed by atoms with Crippen molar-refractivity contribution in [2.75, 3.05) is 6.61 Å². The Labute approximate surface area is 145 Å². The Balaban J connectivity index is 2.43. The van der Waals surface area contributed by atoms with Crippen LogP contribution >= 0.6 is 0 Å². The molecule has 1 aromatic carbocycles. The molecule has 0 aliphatic rings. The Morgan fingerprint density at radius 1 is 1.27 bits per heavy atom. The van der Waals surface area contributed by atoms with Gasteiger partial charge in [-0.25, -0.2) is 4.98 Å². The molecule has 26 heavy (non-hydrogen) atoms. The molecule has 4 atom stereocenters. The van der Waals surface area contributed by atoms with E-state index in [1.165, 1.54) is 0 Å². The van der Waals surface area contributed by atoms with Crippen LogP contribution in [0.3, 0.4) is 0 Å². The Morgan fingerprint density at radius 3 is 2.46 bits per heavy atom. The fourth-order valence-corrected chi connectivity index (χ4v) is 2.42. The molecular formula is C15H18F3N3O5. The summed E-state index contributed by atoms with van der Waals surface area (Å²) in [4.78, 5) is 18.0. The molecule has 0 saturated heterocycles. The minimum absolute atomic E-state index is 0.00886. The standard InChI is InChI=1S/C15H18F3N3O5/c1-6(23)19-11(13(26)12(25)10(24)5-22)14-20-8-3-2-7(15(16,17)18)4-9(8)21-14/h2-4,10-13,22,24-26H,5H2,1H3,(H,19,23)(H,20,21)/t10?,11?,12-,13-/m1/s1. The third kappa shape index (κ3) is 4.30. The lowest BCUT2D eigenvalue weighted by molar-refractivity contribution is -0.137. The molecule has 0 fully saturated rings. The number of carbonyl (C=O) groups is 1. The van der Waals surface area contributed by atoms with Gasteiger partial charge >= 0.3 is 6.18 Å². The first kappa shape index (κ1) is 20.1. The quantitative estimate of drug-likeness (QED) is 0.413. The van der Waals surface area contributed by atoms with Gasteiger partial charge < -0.3 is 30.7 Å². The molecule has 1 heterocycles. The van der Waals surface area contributed by atoms with Gasteiger partial charge in [-0.2, -0.15) is 13.2 Å². The topological polar surface area (TPSA) is 139 Å². The lowest BCUT2D eigenvalue weighted by atomic mass is 10.0. The fraction of sp³-hybridized carbons (Fsp3) is 0.467. The van der Waals surface area contributed by atoms with E-state index in [9.17, 15) is 33.3 Å². The number of amides is 1. The number of hydrogen-bond acceptors (Lipinski definition) is 6. The summed E-state index contributed by atoms with van der Waals surface area (Å²) in [7, 11) is 0. The van der Waals surface area contributed by atoms with E-state index >= 15 is 0 Å². The van der Waals surface area contributed by atoms with E-state index in [4.69, 9.17) is 5.11 Å². The van der Waals surface area contributed by atoms with E-state index in [1.807, 2.05) is 0 Å². The van der Waals surface area contributed by atoms with E-state index in [-0.39, 0.29) is 16.9 Å². The first-order chi connectivity index (χ1) is 12.0. The molecule has 0 spiro atoms. The predicted octanol–water partition coefficient (Wildman–Crippen LogP) is -0.166. The number of nitrogens with one attached hydrogen (secondary N) is 2. The van der Waals surface area contributed by atoms with Crippen LogP contribution in [0.25, 0.3) is 11.0 Å². The van der Waals surface area contributed by atoms with Crippen molar-refractivity contribution in [1.82, 2.24) is 15.3 Å². The number of halogens is 3. The number of imidazole rings is 1. The first-order valence-corrected chi connectivity index (χ1v) is 7.53. The molecule has 1 amide bonds. The summed E-state index contributed by atoms with van der Waals surface area (Å²) in [6, 6.07) is 1.42. The van der Waals surface area contributed by atoms with Gasteiger partial charge in [0.1, 0.15) is 30.2 Å². The van der Waals surface area contributed by atoms with Crippen molar-refractivity contribution in [3.8, 4) is 0 Å². The average Bonchev–Trinajstić information content (AvgIpc) is 2.99. The van der Waals surface area contributed by atoms with Crippen molar-refractivity contribution in [3.63, 3.8) is 0 Å². The Hall–Kier alpha value is -2.21. The van der Waals surface area contributed by atoms with Crippen molar-refractivity contribution in [2.45, 2.75) is 37.5 Å². The zero-order valence-electron chi connectivity index (χ0n) is 13.5. The van der Waals surface area contributed by atoms with Gasteiger partial charge in [-0.15, -0.1) is 0 Å². The highest BCUT2D eigenvalue weighted by Gasteiger charge is 2.35. The zero-order valence-corrected chi connectivity index (χ0v) is 13.5. The number of rotatable bonds is 6. The van der Waals surface area contributed by atoms with Crippen molar-refractivity contribution in [1.29, 1.82) is 0 Å². The van der Waals surface area contributed by atoms with Gasteiger partial charge in [0.05, 0.1) is 23.2 Å². The highest BCUT2D eigenvalue weighted by molar-refractivity contribution is 5.77. The molecule has 2 unspecified atom stereocenters. The number of fused-ring (bicyclic) bond motifs is 1. The van der Waals surface area contributed by atoms with Crippen LogP contribution < -0.4 is 5.32 Å². The molecule has 2 rings (SSSR count). The van der Waals surface area contributed by atoms with Gasteiger partial charge in [0.15, 0.2) is 0 Å². The van der Waals surface area contributed by atoms with Crippen LogP contribution in [0, 0.1) is 0 Å². The van der Waals surface area contributed by atoms with E-state index in [0.29, 0.717) is 0 Å². The maximum absolute atomic E-state index is 12.8. The second-order valence-corrected chi connectivity index (χ2v) is 5.76. The molecule has 0 saturated carbocycles.